The van der Waals surface area contributed by atoms with Crippen LogP contribution in [-0.4, -0.2) is 24.5 Å². The Morgan fingerprint density at radius 1 is 1.23 bits per heavy atom. The van der Waals surface area contributed by atoms with Crippen LogP contribution in [-0.2, 0) is 0 Å². The molecular weight excluding hydrogens is 362 g/mol. The van der Waals surface area contributed by atoms with Gasteiger partial charge in [-0.3, -0.25) is 4.79 Å². The molecule has 1 unspecified atom stereocenters. The van der Waals surface area contributed by atoms with Crippen molar-refractivity contribution in [3.63, 3.8) is 0 Å². The molecule has 26 heavy (non-hydrogen) atoms. The number of nitriles is 1. The number of alkyl halides is 2. The van der Waals surface area contributed by atoms with Crippen molar-refractivity contribution in [3.8, 4) is 17.6 Å². The van der Waals surface area contributed by atoms with E-state index in [0.29, 0.717) is 10.5 Å². The highest BCUT2D eigenvalue weighted by molar-refractivity contribution is 7.18. The molecule has 5 nitrogen and oxygen atoms in total. The Balaban J connectivity index is 1.97. The SMILES string of the molecule is COc1ccc(C(=O)C(C#N)c2nc3ccccc3s2)cc1OC(F)F. The maximum Gasteiger partial charge on any atom is 0.387 e. The Kier molecular flexibility index (Phi) is 5.09. The molecule has 1 heterocycles. The van der Waals surface area contributed by atoms with Crippen LogP contribution in [0.15, 0.2) is 42.5 Å². The van der Waals surface area contributed by atoms with Gasteiger partial charge < -0.3 is 9.47 Å². The predicted octanol–water partition coefficient (Wildman–Crippen LogP) is 4.40. The Hall–Kier alpha value is -3.05. The number of fused-ring (bicyclic) bond motifs is 1. The Morgan fingerprint density at radius 2 is 2.00 bits per heavy atom. The molecule has 0 fully saturated rings. The number of ether oxygens (including phenoxy) is 2. The van der Waals surface area contributed by atoms with E-state index in [2.05, 4.69) is 9.72 Å². The smallest absolute Gasteiger partial charge is 0.387 e. The van der Waals surface area contributed by atoms with Gasteiger partial charge >= 0.3 is 6.61 Å². The van der Waals surface area contributed by atoms with Crippen LogP contribution in [0, 0.1) is 11.3 Å². The third kappa shape index (κ3) is 3.48. The lowest BCUT2D eigenvalue weighted by Crippen LogP contribution is -2.12. The number of carbonyl (C=O) groups is 1. The molecule has 0 radical (unpaired) electrons. The highest BCUT2D eigenvalue weighted by Crippen LogP contribution is 2.33. The second kappa shape index (κ2) is 7.45. The number of benzene rings is 2. The molecule has 0 spiro atoms. The summed E-state index contributed by atoms with van der Waals surface area (Å²) in [7, 11) is 1.30. The van der Waals surface area contributed by atoms with E-state index in [1.165, 1.54) is 30.6 Å². The monoisotopic (exact) mass is 374 g/mol. The first-order chi connectivity index (χ1) is 12.5. The summed E-state index contributed by atoms with van der Waals surface area (Å²) in [5, 5.41) is 9.82. The molecule has 0 aliphatic carbocycles. The first-order valence-electron chi connectivity index (χ1n) is 7.45. The molecular formula is C18H12F2N2O3S. The second-order valence-electron chi connectivity index (χ2n) is 5.19. The summed E-state index contributed by atoms with van der Waals surface area (Å²) in [5.74, 6) is -1.89. The highest BCUT2D eigenvalue weighted by atomic mass is 32.1. The van der Waals surface area contributed by atoms with Crippen molar-refractivity contribution in [2.24, 2.45) is 0 Å². The van der Waals surface area contributed by atoms with Crippen molar-refractivity contribution in [2.75, 3.05) is 7.11 Å². The van der Waals surface area contributed by atoms with E-state index in [0.717, 1.165) is 10.8 Å². The lowest BCUT2D eigenvalue weighted by molar-refractivity contribution is -0.0512. The van der Waals surface area contributed by atoms with Crippen molar-refractivity contribution < 1.29 is 23.0 Å². The molecule has 1 aromatic heterocycles. The average molecular weight is 374 g/mol. The van der Waals surface area contributed by atoms with Gasteiger partial charge in [-0.1, -0.05) is 12.1 Å². The largest absolute Gasteiger partial charge is 0.493 e. The van der Waals surface area contributed by atoms with Crippen LogP contribution in [0.25, 0.3) is 10.2 Å². The van der Waals surface area contributed by atoms with Gasteiger partial charge in [0.05, 0.1) is 23.4 Å². The molecule has 2 aromatic carbocycles. The minimum atomic E-state index is -3.06. The number of aromatic nitrogens is 1. The molecule has 0 aliphatic heterocycles. The zero-order valence-electron chi connectivity index (χ0n) is 13.5. The zero-order valence-corrected chi connectivity index (χ0v) is 14.3. The third-order valence-corrected chi connectivity index (χ3v) is 4.71. The van der Waals surface area contributed by atoms with Gasteiger partial charge in [0.15, 0.2) is 23.2 Å². The number of hydrogen-bond donors (Lipinski definition) is 0. The van der Waals surface area contributed by atoms with Crippen molar-refractivity contribution >= 4 is 27.3 Å². The summed E-state index contributed by atoms with van der Waals surface area (Å²) in [6, 6.07) is 13.1. The molecule has 132 valence electrons. The molecule has 0 aliphatic rings. The van der Waals surface area contributed by atoms with Crippen molar-refractivity contribution in [3.05, 3.63) is 53.0 Å². The van der Waals surface area contributed by atoms with E-state index in [1.54, 1.807) is 6.07 Å². The van der Waals surface area contributed by atoms with Gasteiger partial charge in [0, 0.05) is 5.56 Å². The number of ketones is 1. The lowest BCUT2D eigenvalue weighted by atomic mass is 9.99. The van der Waals surface area contributed by atoms with Crippen molar-refractivity contribution in [1.82, 2.24) is 4.98 Å². The molecule has 1 atom stereocenters. The molecule has 0 amide bonds. The van der Waals surface area contributed by atoms with E-state index in [1.807, 2.05) is 24.3 Å². The molecule has 0 saturated carbocycles. The zero-order chi connectivity index (χ0) is 18.7. The van der Waals surface area contributed by atoms with Crippen LogP contribution >= 0.6 is 11.3 Å². The van der Waals surface area contributed by atoms with Crippen LogP contribution < -0.4 is 9.47 Å². The maximum absolute atomic E-state index is 12.8. The maximum atomic E-state index is 12.8. The fraction of sp³-hybridized carbons (Fsp3) is 0.167. The molecule has 0 saturated heterocycles. The van der Waals surface area contributed by atoms with Crippen LogP contribution in [0.5, 0.6) is 11.5 Å². The van der Waals surface area contributed by atoms with Crippen molar-refractivity contribution in [1.29, 1.82) is 5.26 Å². The number of methoxy groups -OCH3 is 1. The molecule has 0 bridgehead atoms. The number of Topliss-reactive ketones (excluding diaryl/α,β-unsaturated/α-hetero) is 1. The molecule has 3 rings (SSSR count). The average Bonchev–Trinajstić information content (AvgIpc) is 3.05. The first-order valence-corrected chi connectivity index (χ1v) is 8.27. The van der Waals surface area contributed by atoms with E-state index in [4.69, 9.17) is 4.74 Å². The van der Waals surface area contributed by atoms with Crippen LogP contribution in [0.2, 0.25) is 0 Å². The Bertz CT molecular complexity index is 965. The van der Waals surface area contributed by atoms with E-state index >= 15 is 0 Å². The minimum Gasteiger partial charge on any atom is -0.493 e. The fourth-order valence-corrected chi connectivity index (χ4v) is 3.44. The van der Waals surface area contributed by atoms with Gasteiger partial charge in [0.25, 0.3) is 0 Å². The summed E-state index contributed by atoms with van der Waals surface area (Å²) < 4.78 is 35.3. The van der Waals surface area contributed by atoms with Crippen molar-refractivity contribution in [2.45, 2.75) is 12.5 Å². The van der Waals surface area contributed by atoms with Gasteiger partial charge in [-0.2, -0.15) is 14.0 Å². The number of para-hydroxylation sites is 1. The Labute approximate surface area is 151 Å². The second-order valence-corrected chi connectivity index (χ2v) is 6.25. The van der Waals surface area contributed by atoms with Gasteiger partial charge in [-0.05, 0) is 30.3 Å². The van der Waals surface area contributed by atoms with Crippen LogP contribution in [0.4, 0.5) is 8.78 Å². The quantitative estimate of drug-likeness (QED) is 0.598. The summed E-state index contributed by atoms with van der Waals surface area (Å²) in [4.78, 5) is 17.1. The van der Waals surface area contributed by atoms with Gasteiger partial charge in [-0.25, -0.2) is 4.98 Å². The molecule has 3 aromatic rings. The standard InChI is InChI=1S/C18H12F2N2O3S/c1-24-13-7-6-10(8-14(13)25-18(19)20)16(23)11(9-21)17-22-12-4-2-3-5-15(12)26-17/h2-8,11,18H,1H3. The number of halogens is 2. The predicted molar refractivity (Wildman–Crippen MR) is 91.9 cm³/mol. The number of nitrogens with zero attached hydrogens (tertiary/aromatic N) is 2. The van der Waals surface area contributed by atoms with E-state index in [9.17, 15) is 18.8 Å². The number of carbonyl (C=O) groups excluding carboxylic acids is 1. The van der Waals surface area contributed by atoms with Gasteiger partial charge in [0.2, 0.25) is 0 Å². The Morgan fingerprint density at radius 3 is 2.65 bits per heavy atom. The summed E-state index contributed by atoms with van der Waals surface area (Å²) in [6.07, 6.45) is 0. The normalized spacial score (nSPS) is 12.0. The number of hydrogen-bond acceptors (Lipinski definition) is 6. The fourth-order valence-electron chi connectivity index (χ4n) is 2.42. The summed E-state index contributed by atoms with van der Waals surface area (Å²) in [5.41, 5.74) is 0.754. The minimum absolute atomic E-state index is 0.0623. The lowest BCUT2D eigenvalue weighted by Gasteiger charge is -2.12. The summed E-state index contributed by atoms with van der Waals surface area (Å²) >= 11 is 1.25. The molecule has 0 N–H and O–H groups in total. The van der Waals surface area contributed by atoms with Crippen LogP contribution in [0.1, 0.15) is 21.3 Å². The summed E-state index contributed by atoms with van der Waals surface area (Å²) in [6.45, 7) is -3.06. The van der Waals surface area contributed by atoms with Gasteiger partial charge in [-0.15, -0.1) is 11.3 Å². The first kappa shape index (κ1) is 17.8. The topological polar surface area (TPSA) is 72.2 Å². The van der Waals surface area contributed by atoms with Gasteiger partial charge in [0.1, 0.15) is 5.01 Å². The number of thiazole rings is 1. The van der Waals surface area contributed by atoms with E-state index < -0.39 is 18.3 Å². The number of rotatable bonds is 6. The molecule has 8 heteroatoms. The highest BCUT2D eigenvalue weighted by Gasteiger charge is 2.26. The third-order valence-electron chi connectivity index (χ3n) is 3.61. The van der Waals surface area contributed by atoms with E-state index in [-0.39, 0.29) is 17.1 Å². The van der Waals surface area contributed by atoms with Crippen LogP contribution in [0.3, 0.4) is 0 Å².